The summed E-state index contributed by atoms with van der Waals surface area (Å²) in [4.78, 5) is 10.4. The van der Waals surface area contributed by atoms with E-state index in [1.807, 2.05) is 6.07 Å². The number of fused-ring (bicyclic) bond motifs is 5. The Bertz CT molecular complexity index is 2540. The largest absolute Gasteiger partial charge is 0.438 e. The Kier molecular flexibility index (Phi) is 5.82. The van der Waals surface area contributed by atoms with E-state index in [4.69, 9.17) is 14.4 Å². The molecule has 3 nitrogen and oxygen atoms in total. The first-order valence-corrected chi connectivity index (χ1v) is 15.2. The normalized spacial score (nSPS) is 11.6. The van der Waals surface area contributed by atoms with Gasteiger partial charge < -0.3 is 4.42 Å². The van der Waals surface area contributed by atoms with Crippen LogP contribution < -0.4 is 0 Å². The first-order chi connectivity index (χ1) is 22.3. The van der Waals surface area contributed by atoms with Crippen molar-refractivity contribution >= 4 is 43.6 Å². The number of hydrogen-bond donors (Lipinski definition) is 0. The lowest BCUT2D eigenvalue weighted by molar-refractivity contribution is 0.654. The summed E-state index contributed by atoms with van der Waals surface area (Å²) < 4.78 is 6.53. The molecular formula is C42H26N2O. The topological polar surface area (TPSA) is 38.9 Å². The fraction of sp³-hybridized carbons (Fsp3) is 0. The maximum absolute atomic E-state index is 6.53. The lowest BCUT2D eigenvalue weighted by Crippen LogP contribution is -1.95. The molecule has 0 fully saturated rings. The molecule has 0 unspecified atom stereocenters. The molecular weight excluding hydrogens is 548 g/mol. The van der Waals surface area contributed by atoms with Gasteiger partial charge in [-0.25, -0.2) is 4.98 Å². The summed E-state index contributed by atoms with van der Waals surface area (Å²) in [5.41, 5.74) is 8.90. The van der Waals surface area contributed by atoms with Crippen LogP contribution in [0.5, 0.6) is 0 Å². The zero-order chi connectivity index (χ0) is 29.7. The van der Waals surface area contributed by atoms with Crippen LogP contribution in [0.4, 0.5) is 0 Å². The predicted molar refractivity (Wildman–Crippen MR) is 186 cm³/mol. The fourth-order valence-corrected chi connectivity index (χ4v) is 6.46. The summed E-state index contributed by atoms with van der Waals surface area (Å²) in [6.45, 7) is 0. The van der Waals surface area contributed by atoms with Crippen molar-refractivity contribution in [3.63, 3.8) is 0 Å². The second-order valence-electron chi connectivity index (χ2n) is 11.4. The molecule has 210 valence electrons. The molecule has 0 aliphatic heterocycles. The van der Waals surface area contributed by atoms with Crippen LogP contribution in [0.25, 0.3) is 88.5 Å². The molecule has 9 aromatic rings. The van der Waals surface area contributed by atoms with Gasteiger partial charge in [-0.15, -0.1) is 0 Å². The minimum atomic E-state index is 0.588. The second kappa shape index (κ2) is 10.3. The SMILES string of the molecule is c1ccc(-c2cccc(-c3cccc(-c4nc(-c5cccc6ccccc56)c5c(n4)oc4cc6ccccc6cc45)c3)c2)cc1. The Labute approximate surface area is 260 Å². The van der Waals surface area contributed by atoms with E-state index in [2.05, 4.69) is 152 Å². The second-order valence-corrected chi connectivity index (χ2v) is 11.4. The van der Waals surface area contributed by atoms with Gasteiger partial charge in [0.05, 0.1) is 11.1 Å². The quantitative estimate of drug-likeness (QED) is 0.210. The van der Waals surface area contributed by atoms with Crippen molar-refractivity contribution in [1.82, 2.24) is 9.97 Å². The maximum Gasteiger partial charge on any atom is 0.231 e. The van der Waals surface area contributed by atoms with Gasteiger partial charge in [0.15, 0.2) is 5.82 Å². The summed E-state index contributed by atoms with van der Waals surface area (Å²) >= 11 is 0. The third-order valence-electron chi connectivity index (χ3n) is 8.67. The molecule has 45 heavy (non-hydrogen) atoms. The molecule has 7 aromatic carbocycles. The van der Waals surface area contributed by atoms with Gasteiger partial charge in [-0.05, 0) is 68.1 Å². The zero-order valence-electron chi connectivity index (χ0n) is 24.3. The molecule has 0 saturated carbocycles. The van der Waals surface area contributed by atoms with E-state index >= 15 is 0 Å². The molecule has 0 N–H and O–H groups in total. The number of benzene rings is 7. The summed E-state index contributed by atoms with van der Waals surface area (Å²) in [6, 6.07) is 55.2. The van der Waals surface area contributed by atoms with Gasteiger partial charge in [-0.3, -0.25) is 0 Å². The molecule has 0 atom stereocenters. The predicted octanol–water partition coefficient (Wildman–Crippen LogP) is 11.4. The minimum Gasteiger partial charge on any atom is -0.438 e. The van der Waals surface area contributed by atoms with Gasteiger partial charge in [0.2, 0.25) is 5.71 Å². The van der Waals surface area contributed by atoms with Crippen LogP contribution in [0, 0.1) is 0 Å². The summed E-state index contributed by atoms with van der Waals surface area (Å²) in [7, 11) is 0. The van der Waals surface area contributed by atoms with E-state index in [1.54, 1.807) is 0 Å². The van der Waals surface area contributed by atoms with Crippen molar-refractivity contribution in [2.24, 2.45) is 0 Å². The average molecular weight is 575 g/mol. The Balaban J connectivity index is 1.27. The summed E-state index contributed by atoms with van der Waals surface area (Å²) in [6.07, 6.45) is 0. The van der Waals surface area contributed by atoms with Crippen molar-refractivity contribution in [3.05, 3.63) is 158 Å². The van der Waals surface area contributed by atoms with Crippen LogP contribution in [0.3, 0.4) is 0 Å². The van der Waals surface area contributed by atoms with Crippen molar-refractivity contribution < 1.29 is 4.42 Å². The number of nitrogens with zero attached hydrogens (tertiary/aromatic N) is 2. The van der Waals surface area contributed by atoms with Crippen LogP contribution in [-0.2, 0) is 0 Å². The van der Waals surface area contributed by atoms with Crippen molar-refractivity contribution in [1.29, 1.82) is 0 Å². The number of hydrogen-bond acceptors (Lipinski definition) is 3. The van der Waals surface area contributed by atoms with Crippen LogP contribution in [0.15, 0.2) is 162 Å². The Morgan fingerprint density at radius 3 is 1.78 bits per heavy atom. The number of aromatic nitrogens is 2. The number of rotatable bonds is 4. The third kappa shape index (κ3) is 4.37. The fourth-order valence-electron chi connectivity index (χ4n) is 6.46. The Hall–Kier alpha value is -6.06. The molecule has 3 heteroatoms. The Morgan fingerprint density at radius 1 is 0.400 bits per heavy atom. The lowest BCUT2D eigenvalue weighted by atomic mass is 9.97. The highest BCUT2D eigenvalue weighted by molar-refractivity contribution is 6.16. The molecule has 0 amide bonds. The van der Waals surface area contributed by atoms with Crippen LogP contribution >= 0.6 is 0 Å². The first kappa shape index (κ1) is 25.4. The summed E-state index contributed by atoms with van der Waals surface area (Å²) in [5.74, 6) is 0.634. The maximum atomic E-state index is 6.53. The smallest absolute Gasteiger partial charge is 0.231 e. The molecule has 0 aliphatic rings. The zero-order valence-corrected chi connectivity index (χ0v) is 24.3. The molecule has 9 rings (SSSR count). The third-order valence-corrected chi connectivity index (χ3v) is 8.67. The molecule has 0 radical (unpaired) electrons. The average Bonchev–Trinajstić information content (AvgIpc) is 3.47. The molecule has 2 aromatic heterocycles. The molecule has 0 spiro atoms. The van der Waals surface area contributed by atoms with Gasteiger partial charge in [0.1, 0.15) is 5.58 Å². The lowest BCUT2D eigenvalue weighted by Gasteiger charge is -2.11. The number of furan rings is 1. The monoisotopic (exact) mass is 574 g/mol. The van der Waals surface area contributed by atoms with E-state index in [-0.39, 0.29) is 0 Å². The van der Waals surface area contributed by atoms with Gasteiger partial charge in [-0.1, -0.05) is 133 Å². The Morgan fingerprint density at radius 2 is 0.978 bits per heavy atom. The van der Waals surface area contributed by atoms with Gasteiger partial charge in [-0.2, -0.15) is 4.98 Å². The van der Waals surface area contributed by atoms with Crippen molar-refractivity contribution in [3.8, 4) is 44.9 Å². The standard InChI is InChI=1S/C42H26N2O/c1-2-11-27(12-3-1)29-17-8-18-30(23-29)31-19-9-20-34(24-31)41-43-40(36-22-10-16-28-13-6-7-21-35(28)36)39-37-25-32-14-4-5-15-33(32)26-38(37)45-42(39)44-41/h1-26H. The van der Waals surface area contributed by atoms with E-state index < -0.39 is 0 Å². The van der Waals surface area contributed by atoms with Gasteiger partial charge >= 0.3 is 0 Å². The highest BCUT2D eigenvalue weighted by Crippen LogP contribution is 2.40. The highest BCUT2D eigenvalue weighted by atomic mass is 16.3. The van der Waals surface area contributed by atoms with Gasteiger partial charge in [0.25, 0.3) is 0 Å². The van der Waals surface area contributed by atoms with Crippen LogP contribution in [0.1, 0.15) is 0 Å². The minimum absolute atomic E-state index is 0.588. The highest BCUT2D eigenvalue weighted by Gasteiger charge is 2.20. The molecule has 0 bridgehead atoms. The first-order valence-electron chi connectivity index (χ1n) is 15.2. The van der Waals surface area contributed by atoms with E-state index in [0.29, 0.717) is 11.5 Å². The van der Waals surface area contributed by atoms with Gasteiger partial charge in [0, 0.05) is 16.5 Å². The van der Waals surface area contributed by atoms with E-state index in [1.165, 1.54) is 16.5 Å². The molecule has 2 heterocycles. The van der Waals surface area contributed by atoms with Crippen LogP contribution in [-0.4, -0.2) is 9.97 Å². The van der Waals surface area contributed by atoms with Crippen molar-refractivity contribution in [2.45, 2.75) is 0 Å². The summed E-state index contributed by atoms with van der Waals surface area (Å²) in [5, 5.41) is 6.56. The van der Waals surface area contributed by atoms with Crippen LogP contribution in [0.2, 0.25) is 0 Å². The van der Waals surface area contributed by atoms with E-state index in [9.17, 15) is 0 Å². The molecule has 0 aliphatic carbocycles. The van der Waals surface area contributed by atoms with Crippen molar-refractivity contribution in [2.75, 3.05) is 0 Å². The van der Waals surface area contributed by atoms with E-state index in [0.717, 1.165) is 60.5 Å². The molecule has 0 saturated heterocycles.